The number of hydrogen-bond donors (Lipinski definition) is 1. The molecule has 1 heterocycles. The van der Waals surface area contributed by atoms with E-state index >= 15 is 0 Å². The normalized spacial score (nSPS) is 21.2. The number of carboxylic acid groups (broad SMARTS) is 1. The van der Waals surface area contributed by atoms with Crippen molar-refractivity contribution in [2.24, 2.45) is 0 Å². The predicted octanol–water partition coefficient (Wildman–Crippen LogP) is 3.09. The number of aliphatic carboxylic acids is 1. The number of rotatable bonds is 5. The minimum absolute atomic E-state index is 0.0283. The second kappa shape index (κ2) is 6.52. The zero-order valence-corrected chi connectivity index (χ0v) is 13.3. The SMILES string of the molecule is Cc1ccccc1N(CCC(=O)O)C(=O)C1(C)CCCS1. The first kappa shape index (κ1) is 15.9. The van der Waals surface area contributed by atoms with Crippen LogP contribution in [0.2, 0.25) is 0 Å². The van der Waals surface area contributed by atoms with Crippen LogP contribution >= 0.6 is 11.8 Å². The van der Waals surface area contributed by atoms with Gasteiger partial charge in [-0.1, -0.05) is 18.2 Å². The van der Waals surface area contributed by atoms with Crippen molar-refractivity contribution in [3.8, 4) is 0 Å². The van der Waals surface area contributed by atoms with Crippen LogP contribution in [0.1, 0.15) is 31.7 Å². The summed E-state index contributed by atoms with van der Waals surface area (Å²) in [6, 6.07) is 7.64. The number of thioether (sulfide) groups is 1. The van der Waals surface area contributed by atoms with Crippen molar-refractivity contribution in [2.45, 2.75) is 37.9 Å². The molecule has 0 spiro atoms. The van der Waals surface area contributed by atoms with Gasteiger partial charge in [-0.05, 0) is 44.1 Å². The quantitative estimate of drug-likeness (QED) is 0.908. The zero-order valence-electron chi connectivity index (χ0n) is 12.5. The molecule has 0 bridgehead atoms. The van der Waals surface area contributed by atoms with Crippen LogP contribution in [0.4, 0.5) is 5.69 Å². The first-order chi connectivity index (χ1) is 9.94. The lowest BCUT2D eigenvalue weighted by Crippen LogP contribution is -2.45. The lowest BCUT2D eigenvalue weighted by molar-refractivity contribution is -0.136. The molecule has 0 saturated carbocycles. The molecule has 1 aliphatic heterocycles. The van der Waals surface area contributed by atoms with Gasteiger partial charge in [-0.15, -0.1) is 11.8 Å². The predicted molar refractivity (Wildman–Crippen MR) is 85.9 cm³/mol. The summed E-state index contributed by atoms with van der Waals surface area (Å²) in [7, 11) is 0. The van der Waals surface area contributed by atoms with Gasteiger partial charge in [0.05, 0.1) is 11.2 Å². The Balaban J connectivity index is 2.29. The van der Waals surface area contributed by atoms with Crippen LogP contribution in [0.3, 0.4) is 0 Å². The Bertz CT molecular complexity index is 538. The molecule has 1 amide bonds. The molecular weight excluding hydrogens is 286 g/mol. The Morgan fingerprint density at radius 1 is 1.38 bits per heavy atom. The average Bonchev–Trinajstić information content (AvgIpc) is 2.88. The molecule has 1 unspecified atom stereocenters. The summed E-state index contributed by atoms with van der Waals surface area (Å²) in [4.78, 5) is 25.5. The summed E-state index contributed by atoms with van der Waals surface area (Å²) >= 11 is 1.68. The first-order valence-electron chi connectivity index (χ1n) is 7.17. The van der Waals surface area contributed by atoms with Crippen molar-refractivity contribution in [3.05, 3.63) is 29.8 Å². The molecule has 1 atom stereocenters. The molecule has 1 saturated heterocycles. The lowest BCUT2D eigenvalue weighted by Gasteiger charge is -2.32. The van der Waals surface area contributed by atoms with Gasteiger partial charge in [0.15, 0.2) is 0 Å². The molecule has 1 fully saturated rings. The van der Waals surface area contributed by atoms with Gasteiger partial charge < -0.3 is 10.0 Å². The van der Waals surface area contributed by atoms with E-state index in [0.29, 0.717) is 0 Å². The Kier molecular flexibility index (Phi) is 4.93. The highest BCUT2D eigenvalue weighted by Crippen LogP contribution is 2.40. The monoisotopic (exact) mass is 307 g/mol. The molecule has 21 heavy (non-hydrogen) atoms. The highest BCUT2D eigenvalue weighted by atomic mass is 32.2. The van der Waals surface area contributed by atoms with Gasteiger partial charge in [0.25, 0.3) is 0 Å². The van der Waals surface area contributed by atoms with Crippen molar-refractivity contribution < 1.29 is 14.7 Å². The van der Waals surface area contributed by atoms with Crippen molar-refractivity contribution in [1.82, 2.24) is 0 Å². The number of carbonyl (C=O) groups is 2. The van der Waals surface area contributed by atoms with E-state index in [-0.39, 0.29) is 18.9 Å². The minimum Gasteiger partial charge on any atom is -0.481 e. The molecule has 4 nitrogen and oxygen atoms in total. The van der Waals surface area contributed by atoms with Crippen molar-refractivity contribution in [2.75, 3.05) is 17.2 Å². The Hall–Kier alpha value is -1.49. The Morgan fingerprint density at radius 2 is 2.10 bits per heavy atom. The topological polar surface area (TPSA) is 57.6 Å². The van der Waals surface area contributed by atoms with E-state index in [1.165, 1.54) is 0 Å². The summed E-state index contributed by atoms with van der Waals surface area (Å²) in [5.41, 5.74) is 1.81. The van der Waals surface area contributed by atoms with E-state index in [2.05, 4.69) is 0 Å². The number of carbonyl (C=O) groups excluding carboxylic acids is 1. The highest BCUT2D eigenvalue weighted by molar-refractivity contribution is 8.01. The van der Waals surface area contributed by atoms with Crippen LogP contribution in [0.15, 0.2) is 24.3 Å². The van der Waals surface area contributed by atoms with Crippen LogP contribution in [0.25, 0.3) is 0 Å². The number of carboxylic acids is 1. The first-order valence-corrected chi connectivity index (χ1v) is 8.16. The molecule has 0 radical (unpaired) electrons. The largest absolute Gasteiger partial charge is 0.481 e. The molecule has 1 aromatic carbocycles. The second-order valence-corrected chi connectivity index (χ2v) is 7.17. The van der Waals surface area contributed by atoms with E-state index in [0.717, 1.165) is 29.8 Å². The molecule has 5 heteroatoms. The molecule has 2 rings (SSSR count). The number of nitrogens with zero attached hydrogens (tertiary/aromatic N) is 1. The van der Waals surface area contributed by atoms with E-state index in [1.54, 1.807) is 16.7 Å². The molecule has 1 N–H and O–H groups in total. The third kappa shape index (κ3) is 3.59. The summed E-state index contributed by atoms with van der Waals surface area (Å²) in [5, 5.41) is 8.95. The Labute approximate surface area is 129 Å². The lowest BCUT2D eigenvalue weighted by atomic mass is 10.0. The molecule has 114 valence electrons. The number of hydrogen-bond acceptors (Lipinski definition) is 3. The second-order valence-electron chi connectivity index (χ2n) is 5.57. The average molecular weight is 307 g/mol. The third-order valence-electron chi connectivity index (χ3n) is 3.87. The molecule has 1 aliphatic rings. The maximum Gasteiger partial charge on any atom is 0.305 e. The molecule has 1 aromatic rings. The summed E-state index contributed by atoms with van der Waals surface area (Å²) in [6.45, 7) is 4.13. The summed E-state index contributed by atoms with van der Waals surface area (Å²) in [5.74, 6) is 0.133. The smallest absolute Gasteiger partial charge is 0.305 e. The molecule has 0 aliphatic carbocycles. The fourth-order valence-corrected chi connectivity index (χ4v) is 3.90. The number of para-hydroxylation sites is 1. The number of benzene rings is 1. The third-order valence-corrected chi connectivity index (χ3v) is 5.38. The van der Waals surface area contributed by atoms with Crippen molar-refractivity contribution >= 4 is 29.3 Å². The Morgan fingerprint density at radius 3 is 2.67 bits per heavy atom. The maximum atomic E-state index is 12.9. The van der Waals surface area contributed by atoms with E-state index in [4.69, 9.17) is 5.11 Å². The standard InChI is InChI=1S/C16H21NO3S/c1-12-6-3-4-7-13(12)17(10-8-14(18)19)15(20)16(2)9-5-11-21-16/h3-4,6-7H,5,8-11H2,1-2H3,(H,18,19). The van der Waals surface area contributed by atoms with Gasteiger partial charge >= 0.3 is 5.97 Å². The van der Waals surface area contributed by atoms with Crippen LogP contribution in [-0.4, -0.2) is 34.0 Å². The minimum atomic E-state index is -0.884. The maximum absolute atomic E-state index is 12.9. The number of anilines is 1. The van der Waals surface area contributed by atoms with Crippen LogP contribution < -0.4 is 4.90 Å². The van der Waals surface area contributed by atoms with Gasteiger partial charge in [-0.25, -0.2) is 0 Å². The highest BCUT2D eigenvalue weighted by Gasteiger charge is 2.40. The number of aryl methyl sites for hydroxylation is 1. The van der Waals surface area contributed by atoms with Gasteiger partial charge in [0.1, 0.15) is 0 Å². The van der Waals surface area contributed by atoms with Gasteiger partial charge in [0.2, 0.25) is 5.91 Å². The van der Waals surface area contributed by atoms with Crippen LogP contribution in [-0.2, 0) is 9.59 Å². The number of amides is 1. The summed E-state index contributed by atoms with van der Waals surface area (Å²) < 4.78 is -0.430. The van der Waals surface area contributed by atoms with E-state index in [1.807, 2.05) is 38.1 Å². The van der Waals surface area contributed by atoms with Gasteiger partial charge in [-0.3, -0.25) is 9.59 Å². The fourth-order valence-electron chi connectivity index (χ4n) is 2.64. The van der Waals surface area contributed by atoms with Crippen molar-refractivity contribution in [1.29, 1.82) is 0 Å². The summed E-state index contributed by atoms with van der Waals surface area (Å²) in [6.07, 6.45) is 1.85. The van der Waals surface area contributed by atoms with Crippen molar-refractivity contribution in [3.63, 3.8) is 0 Å². The van der Waals surface area contributed by atoms with E-state index in [9.17, 15) is 9.59 Å². The van der Waals surface area contributed by atoms with Crippen LogP contribution in [0.5, 0.6) is 0 Å². The zero-order chi connectivity index (χ0) is 15.5. The molecule has 0 aromatic heterocycles. The van der Waals surface area contributed by atoms with Gasteiger partial charge in [0, 0.05) is 12.2 Å². The van der Waals surface area contributed by atoms with Gasteiger partial charge in [-0.2, -0.15) is 0 Å². The van der Waals surface area contributed by atoms with Crippen LogP contribution in [0, 0.1) is 6.92 Å². The fraction of sp³-hybridized carbons (Fsp3) is 0.500. The molecular formula is C16H21NO3S. The van der Waals surface area contributed by atoms with E-state index < -0.39 is 10.7 Å².